The Morgan fingerprint density at radius 2 is 2.11 bits per heavy atom. The predicted molar refractivity (Wildman–Crippen MR) is 67.6 cm³/mol. The molecule has 6 nitrogen and oxygen atoms in total. The summed E-state index contributed by atoms with van der Waals surface area (Å²) < 4.78 is 6.65. The Hall–Kier alpha value is -2.39. The van der Waals surface area contributed by atoms with Crippen LogP contribution in [-0.2, 0) is 13.0 Å². The molecule has 0 amide bonds. The van der Waals surface area contributed by atoms with Gasteiger partial charge >= 0.3 is 0 Å². The zero-order valence-electron chi connectivity index (χ0n) is 10.6. The van der Waals surface area contributed by atoms with E-state index < -0.39 is 0 Å². The summed E-state index contributed by atoms with van der Waals surface area (Å²) in [6.07, 6.45) is 0.542. The zero-order valence-corrected chi connectivity index (χ0v) is 10.6. The molecule has 0 aliphatic heterocycles. The summed E-state index contributed by atoms with van der Waals surface area (Å²) in [6.45, 7) is 0.296. The van der Waals surface area contributed by atoms with E-state index in [-0.39, 0.29) is 6.61 Å². The molecule has 0 atom stereocenters. The van der Waals surface area contributed by atoms with Crippen molar-refractivity contribution in [1.82, 2.24) is 15.0 Å². The van der Waals surface area contributed by atoms with Gasteiger partial charge in [0.2, 0.25) is 0 Å². The van der Waals surface area contributed by atoms with E-state index in [9.17, 15) is 0 Å². The van der Waals surface area contributed by atoms with Crippen LogP contribution in [0.25, 0.3) is 0 Å². The molecule has 0 bridgehead atoms. The fraction of sp³-hybridized carbons (Fsp3) is 0.308. The molecule has 0 aliphatic carbocycles. The van der Waals surface area contributed by atoms with Crippen LogP contribution in [0.1, 0.15) is 17.0 Å². The van der Waals surface area contributed by atoms with Crippen molar-refractivity contribution in [2.24, 2.45) is 0 Å². The van der Waals surface area contributed by atoms with Gasteiger partial charge in [-0.05, 0) is 17.7 Å². The number of rotatable bonds is 5. The van der Waals surface area contributed by atoms with Gasteiger partial charge in [0, 0.05) is 6.42 Å². The summed E-state index contributed by atoms with van der Waals surface area (Å²) in [4.78, 5) is 0. The number of aromatic nitrogens is 3. The number of ether oxygens (including phenoxy) is 1. The molecule has 98 valence electrons. The molecule has 0 aliphatic rings. The highest BCUT2D eigenvalue weighted by atomic mass is 16.5. The standard InChI is InChI=1S/C13H14N4O2/c1-19-11-4-2-10(3-5-11)8-13-12(9-14)15-16-17(13)6-7-18/h2-5,18H,6-8H2,1H3. The van der Waals surface area contributed by atoms with Crippen LogP contribution >= 0.6 is 0 Å². The van der Waals surface area contributed by atoms with Gasteiger partial charge in [-0.3, -0.25) is 0 Å². The van der Waals surface area contributed by atoms with Gasteiger partial charge in [0.25, 0.3) is 0 Å². The van der Waals surface area contributed by atoms with Gasteiger partial charge in [-0.15, -0.1) is 5.10 Å². The Morgan fingerprint density at radius 3 is 2.68 bits per heavy atom. The van der Waals surface area contributed by atoms with E-state index in [2.05, 4.69) is 10.3 Å². The Morgan fingerprint density at radius 1 is 1.37 bits per heavy atom. The van der Waals surface area contributed by atoms with Crippen molar-refractivity contribution in [2.45, 2.75) is 13.0 Å². The van der Waals surface area contributed by atoms with E-state index in [4.69, 9.17) is 15.1 Å². The Bertz CT molecular complexity index is 584. The first-order valence-electron chi connectivity index (χ1n) is 5.84. The van der Waals surface area contributed by atoms with Crippen LogP contribution in [0.15, 0.2) is 24.3 Å². The maximum atomic E-state index is 9.01. The number of hydrogen-bond donors (Lipinski definition) is 1. The molecule has 0 fully saturated rings. The van der Waals surface area contributed by atoms with Crippen LogP contribution in [-0.4, -0.2) is 33.8 Å². The first-order valence-corrected chi connectivity index (χ1v) is 5.84. The van der Waals surface area contributed by atoms with Crippen LogP contribution in [0.3, 0.4) is 0 Å². The molecule has 2 rings (SSSR count). The van der Waals surface area contributed by atoms with Crippen molar-refractivity contribution < 1.29 is 9.84 Å². The minimum Gasteiger partial charge on any atom is -0.497 e. The summed E-state index contributed by atoms with van der Waals surface area (Å²) in [5.74, 6) is 0.784. The Kier molecular flexibility index (Phi) is 4.11. The number of nitrogens with zero attached hydrogens (tertiary/aromatic N) is 4. The van der Waals surface area contributed by atoms with E-state index in [1.807, 2.05) is 30.3 Å². The summed E-state index contributed by atoms with van der Waals surface area (Å²) >= 11 is 0. The number of methoxy groups -OCH3 is 1. The molecular weight excluding hydrogens is 244 g/mol. The van der Waals surface area contributed by atoms with Gasteiger partial charge in [0.1, 0.15) is 11.8 Å². The van der Waals surface area contributed by atoms with E-state index in [0.717, 1.165) is 11.3 Å². The Balaban J connectivity index is 2.26. The minimum absolute atomic E-state index is 0.0379. The first-order chi connectivity index (χ1) is 9.28. The van der Waals surface area contributed by atoms with Crippen LogP contribution in [0.5, 0.6) is 5.75 Å². The summed E-state index contributed by atoms with van der Waals surface area (Å²) in [7, 11) is 1.61. The summed E-state index contributed by atoms with van der Waals surface area (Å²) in [5, 5.41) is 25.6. The highest BCUT2D eigenvalue weighted by Crippen LogP contribution is 2.16. The SMILES string of the molecule is COc1ccc(Cc2c(C#N)nnn2CCO)cc1. The number of benzene rings is 1. The quantitative estimate of drug-likeness (QED) is 0.855. The monoisotopic (exact) mass is 258 g/mol. The minimum atomic E-state index is -0.0379. The molecule has 1 aromatic carbocycles. The highest BCUT2D eigenvalue weighted by molar-refractivity contribution is 5.33. The molecule has 0 saturated heterocycles. The third-order valence-electron chi connectivity index (χ3n) is 2.79. The lowest BCUT2D eigenvalue weighted by atomic mass is 10.1. The van der Waals surface area contributed by atoms with Crippen molar-refractivity contribution in [1.29, 1.82) is 5.26 Å². The molecule has 0 saturated carbocycles. The molecule has 1 N–H and O–H groups in total. The van der Waals surface area contributed by atoms with Crippen molar-refractivity contribution in [3.63, 3.8) is 0 Å². The lowest BCUT2D eigenvalue weighted by Gasteiger charge is -2.06. The second-order valence-electron chi connectivity index (χ2n) is 3.97. The van der Waals surface area contributed by atoms with Crippen molar-refractivity contribution in [3.05, 3.63) is 41.2 Å². The molecule has 19 heavy (non-hydrogen) atoms. The molecule has 2 aromatic rings. The van der Waals surface area contributed by atoms with Crippen molar-refractivity contribution >= 4 is 0 Å². The number of aliphatic hydroxyl groups is 1. The van der Waals surface area contributed by atoms with Gasteiger partial charge in [-0.25, -0.2) is 4.68 Å². The van der Waals surface area contributed by atoms with E-state index >= 15 is 0 Å². The molecule has 0 spiro atoms. The van der Waals surface area contributed by atoms with Gasteiger partial charge in [-0.2, -0.15) is 5.26 Å². The van der Waals surface area contributed by atoms with E-state index in [0.29, 0.717) is 24.4 Å². The number of hydrogen-bond acceptors (Lipinski definition) is 5. The maximum absolute atomic E-state index is 9.01. The molecule has 0 radical (unpaired) electrons. The average Bonchev–Trinajstić information content (AvgIpc) is 2.82. The van der Waals surface area contributed by atoms with Crippen LogP contribution in [0, 0.1) is 11.3 Å². The zero-order chi connectivity index (χ0) is 13.7. The molecule has 6 heteroatoms. The van der Waals surface area contributed by atoms with Gasteiger partial charge in [-0.1, -0.05) is 17.3 Å². The lowest BCUT2D eigenvalue weighted by Crippen LogP contribution is -2.09. The van der Waals surface area contributed by atoms with Crippen LogP contribution in [0.2, 0.25) is 0 Å². The third-order valence-corrected chi connectivity index (χ3v) is 2.79. The second kappa shape index (κ2) is 5.98. The smallest absolute Gasteiger partial charge is 0.186 e. The molecule has 1 heterocycles. The van der Waals surface area contributed by atoms with Crippen molar-refractivity contribution in [3.8, 4) is 11.8 Å². The topological polar surface area (TPSA) is 84.0 Å². The fourth-order valence-corrected chi connectivity index (χ4v) is 1.81. The first kappa shape index (κ1) is 13.1. The summed E-state index contributed by atoms with van der Waals surface area (Å²) in [5.41, 5.74) is 2.03. The fourth-order valence-electron chi connectivity index (χ4n) is 1.81. The average molecular weight is 258 g/mol. The molecule has 0 unspecified atom stereocenters. The van der Waals surface area contributed by atoms with E-state index in [1.54, 1.807) is 11.8 Å². The van der Waals surface area contributed by atoms with Crippen molar-refractivity contribution in [2.75, 3.05) is 13.7 Å². The highest BCUT2D eigenvalue weighted by Gasteiger charge is 2.12. The van der Waals surface area contributed by atoms with Gasteiger partial charge in [0.15, 0.2) is 5.69 Å². The normalized spacial score (nSPS) is 10.2. The Labute approximate surface area is 110 Å². The van der Waals surface area contributed by atoms with Crippen LogP contribution < -0.4 is 4.74 Å². The summed E-state index contributed by atoms with van der Waals surface area (Å²) in [6, 6.07) is 9.60. The third kappa shape index (κ3) is 2.89. The second-order valence-corrected chi connectivity index (χ2v) is 3.97. The van der Waals surface area contributed by atoms with Gasteiger partial charge < -0.3 is 9.84 Å². The lowest BCUT2D eigenvalue weighted by molar-refractivity contribution is 0.266. The molecule has 1 aromatic heterocycles. The largest absolute Gasteiger partial charge is 0.497 e. The molecular formula is C13H14N4O2. The van der Waals surface area contributed by atoms with Crippen LogP contribution in [0.4, 0.5) is 0 Å². The maximum Gasteiger partial charge on any atom is 0.186 e. The van der Waals surface area contributed by atoms with E-state index in [1.165, 1.54) is 0 Å². The predicted octanol–water partition coefficient (Wildman–Crippen LogP) is 0.741. The number of nitriles is 1. The number of aliphatic hydroxyl groups excluding tert-OH is 1. The van der Waals surface area contributed by atoms with Gasteiger partial charge in [0.05, 0.1) is 26.0 Å².